The lowest BCUT2D eigenvalue weighted by atomic mass is 10.1. The predicted octanol–water partition coefficient (Wildman–Crippen LogP) is 4.46. The number of carbonyl (C=O) groups is 1. The van der Waals surface area contributed by atoms with Crippen LogP contribution in [0, 0.1) is 0 Å². The highest BCUT2D eigenvalue weighted by molar-refractivity contribution is 7.99. The molecule has 0 atom stereocenters. The van der Waals surface area contributed by atoms with Gasteiger partial charge in [-0.3, -0.25) is 4.79 Å². The van der Waals surface area contributed by atoms with Gasteiger partial charge in [0.2, 0.25) is 0 Å². The highest BCUT2D eigenvalue weighted by Crippen LogP contribution is 2.18. The smallest absolute Gasteiger partial charge is 0.172 e. The number of benzene rings is 2. The van der Waals surface area contributed by atoms with E-state index in [0.29, 0.717) is 16.3 Å². The Morgan fingerprint density at radius 1 is 1.10 bits per heavy atom. The van der Waals surface area contributed by atoms with Crippen LogP contribution in [-0.2, 0) is 5.75 Å². The third-order valence-corrected chi connectivity index (χ3v) is 4.08. The van der Waals surface area contributed by atoms with E-state index in [4.69, 9.17) is 16.3 Å². The van der Waals surface area contributed by atoms with Gasteiger partial charge in [-0.15, -0.1) is 11.8 Å². The van der Waals surface area contributed by atoms with E-state index in [1.54, 1.807) is 43.1 Å². The Kier molecular flexibility index (Phi) is 5.50. The van der Waals surface area contributed by atoms with E-state index in [9.17, 15) is 4.79 Å². The Bertz CT molecular complexity index is 564. The Labute approximate surface area is 128 Å². The molecule has 0 unspecified atom stereocenters. The normalized spacial score (nSPS) is 10.3. The zero-order chi connectivity index (χ0) is 14.4. The van der Waals surface area contributed by atoms with Crippen LogP contribution in [0.3, 0.4) is 0 Å². The van der Waals surface area contributed by atoms with E-state index < -0.39 is 0 Å². The molecule has 2 rings (SSSR count). The maximum atomic E-state index is 12.0. The fraction of sp³-hybridized carbons (Fsp3) is 0.188. The first-order valence-corrected chi connectivity index (χ1v) is 7.72. The van der Waals surface area contributed by atoms with Crippen molar-refractivity contribution in [3.63, 3.8) is 0 Å². The minimum Gasteiger partial charge on any atom is -0.497 e. The van der Waals surface area contributed by atoms with E-state index in [0.717, 1.165) is 11.5 Å². The van der Waals surface area contributed by atoms with Gasteiger partial charge in [0.05, 0.1) is 12.9 Å². The maximum Gasteiger partial charge on any atom is 0.172 e. The van der Waals surface area contributed by atoms with Crippen LogP contribution in [0.1, 0.15) is 15.9 Å². The van der Waals surface area contributed by atoms with Crippen molar-refractivity contribution in [2.24, 2.45) is 0 Å². The fourth-order valence-electron chi connectivity index (χ4n) is 1.70. The Balaban J connectivity index is 1.82. The molecule has 0 heterocycles. The number of halogens is 1. The third kappa shape index (κ3) is 4.29. The minimum absolute atomic E-state index is 0.125. The third-order valence-electron chi connectivity index (χ3n) is 2.83. The second-order valence-corrected chi connectivity index (χ2v) is 5.69. The first-order valence-electron chi connectivity index (χ1n) is 6.18. The number of ketones is 1. The number of rotatable bonds is 6. The number of ether oxygens (including phenoxy) is 1. The average Bonchev–Trinajstić information content (AvgIpc) is 2.48. The lowest BCUT2D eigenvalue weighted by Crippen LogP contribution is -2.02. The van der Waals surface area contributed by atoms with Gasteiger partial charge in [-0.2, -0.15) is 0 Å². The van der Waals surface area contributed by atoms with Crippen molar-refractivity contribution in [2.45, 2.75) is 5.75 Å². The van der Waals surface area contributed by atoms with Crippen molar-refractivity contribution in [3.8, 4) is 5.75 Å². The molecule has 0 spiro atoms. The molecule has 0 saturated carbocycles. The van der Waals surface area contributed by atoms with Gasteiger partial charge in [0, 0.05) is 16.3 Å². The second-order valence-electron chi connectivity index (χ2n) is 4.27. The van der Waals surface area contributed by atoms with Crippen molar-refractivity contribution in [1.82, 2.24) is 0 Å². The highest BCUT2D eigenvalue weighted by atomic mass is 35.5. The summed E-state index contributed by atoms with van der Waals surface area (Å²) in [5.74, 6) is 2.24. The zero-order valence-corrected chi connectivity index (χ0v) is 12.7. The van der Waals surface area contributed by atoms with E-state index in [1.807, 2.05) is 24.3 Å². The molecule has 2 aromatic carbocycles. The molecule has 0 aromatic heterocycles. The summed E-state index contributed by atoms with van der Waals surface area (Å²) in [7, 11) is 1.65. The highest BCUT2D eigenvalue weighted by Gasteiger charge is 2.06. The molecule has 2 aromatic rings. The van der Waals surface area contributed by atoms with Crippen molar-refractivity contribution in [1.29, 1.82) is 0 Å². The van der Waals surface area contributed by atoms with Gasteiger partial charge in [0.1, 0.15) is 5.75 Å². The second kappa shape index (κ2) is 7.36. The number of hydrogen-bond donors (Lipinski definition) is 0. The van der Waals surface area contributed by atoms with Crippen LogP contribution in [0.5, 0.6) is 5.75 Å². The lowest BCUT2D eigenvalue weighted by molar-refractivity contribution is 0.102. The molecule has 0 amide bonds. The van der Waals surface area contributed by atoms with Gasteiger partial charge in [-0.05, 0) is 42.0 Å². The SMILES string of the molecule is COc1ccc(CSCC(=O)c2ccc(Cl)cc2)cc1. The van der Waals surface area contributed by atoms with Crippen LogP contribution in [0.25, 0.3) is 0 Å². The molecule has 0 fully saturated rings. The van der Waals surface area contributed by atoms with Gasteiger partial charge >= 0.3 is 0 Å². The standard InChI is InChI=1S/C16H15ClO2S/c1-19-15-8-2-12(3-9-15)10-20-11-16(18)13-4-6-14(17)7-5-13/h2-9H,10-11H2,1H3. The summed E-state index contributed by atoms with van der Waals surface area (Å²) in [4.78, 5) is 12.0. The molecule has 0 aliphatic rings. The van der Waals surface area contributed by atoms with E-state index in [2.05, 4.69) is 0 Å². The Morgan fingerprint density at radius 2 is 1.75 bits per heavy atom. The Hall–Kier alpha value is -1.45. The molecule has 20 heavy (non-hydrogen) atoms. The van der Waals surface area contributed by atoms with Gasteiger partial charge in [-0.1, -0.05) is 23.7 Å². The number of carbonyl (C=O) groups excluding carboxylic acids is 1. The fourth-order valence-corrected chi connectivity index (χ4v) is 2.71. The zero-order valence-electron chi connectivity index (χ0n) is 11.1. The molecule has 2 nitrogen and oxygen atoms in total. The quantitative estimate of drug-likeness (QED) is 0.737. The monoisotopic (exact) mass is 306 g/mol. The number of Topliss-reactive ketones (excluding diaryl/α,β-unsaturated/α-hetero) is 1. The molecule has 0 aliphatic heterocycles. The summed E-state index contributed by atoms with van der Waals surface area (Å²) in [6.45, 7) is 0. The molecule has 104 valence electrons. The predicted molar refractivity (Wildman–Crippen MR) is 84.9 cm³/mol. The molecule has 0 bridgehead atoms. The average molecular weight is 307 g/mol. The molecule has 0 N–H and O–H groups in total. The summed E-state index contributed by atoms with van der Waals surface area (Å²) in [5.41, 5.74) is 1.89. The van der Waals surface area contributed by atoms with Gasteiger partial charge in [-0.25, -0.2) is 0 Å². The summed E-state index contributed by atoms with van der Waals surface area (Å²) >= 11 is 7.40. The topological polar surface area (TPSA) is 26.3 Å². The van der Waals surface area contributed by atoms with Crippen LogP contribution in [-0.4, -0.2) is 18.6 Å². The van der Waals surface area contributed by atoms with Crippen LogP contribution in [0.2, 0.25) is 5.02 Å². The van der Waals surface area contributed by atoms with Gasteiger partial charge in [0.25, 0.3) is 0 Å². The number of thioether (sulfide) groups is 1. The first-order chi connectivity index (χ1) is 9.69. The van der Waals surface area contributed by atoms with Crippen LogP contribution < -0.4 is 4.74 Å². The minimum atomic E-state index is 0.125. The van der Waals surface area contributed by atoms with Gasteiger partial charge < -0.3 is 4.74 Å². The molecular weight excluding hydrogens is 292 g/mol. The molecule has 0 saturated heterocycles. The molecule has 4 heteroatoms. The molecule has 0 aliphatic carbocycles. The van der Waals surface area contributed by atoms with Crippen molar-refractivity contribution < 1.29 is 9.53 Å². The maximum absolute atomic E-state index is 12.0. The largest absolute Gasteiger partial charge is 0.497 e. The van der Waals surface area contributed by atoms with E-state index in [1.165, 1.54) is 5.56 Å². The lowest BCUT2D eigenvalue weighted by Gasteiger charge is -2.04. The summed E-state index contributed by atoms with van der Waals surface area (Å²) in [5, 5.41) is 0.646. The van der Waals surface area contributed by atoms with Crippen molar-refractivity contribution in [3.05, 3.63) is 64.7 Å². The number of hydrogen-bond acceptors (Lipinski definition) is 3. The van der Waals surface area contributed by atoms with Crippen LogP contribution >= 0.6 is 23.4 Å². The van der Waals surface area contributed by atoms with Crippen molar-refractivity contribution >= 4 is 29.1 Å². The van der Waals surface area contributed by atoms with Crippen LogP contribution in [0.15, 0.2) is 48.5 Å². The first kappa shape index (κ1) is 14.9. The molecular formula is C16H15ClO2S. The van der Waals surface area contributed by atoms with Crippen molar-refractivity contribution in [2.75, 3.05) is 12.9 Å². The van der Waals surface area contributed by atoms with Crippen LogP contribution in [0.4, 0.5) is 0 Å². The van der Waals surface area contributed by atoms with Gasteiger partial charge in [0.15, 0.2) is 5.78 Å². The summed E-state index contributed by atoms with van der Waals surface area (Å²) in [6.07, 6.45) is 0. The van der Waals surface area contributed by atoms with E-state index in [-0.39, 0.29) is 5.78 Å². The van der Waals surface area contributed by atoms with E-state index >= 15 is 0 Å². The summed E-state index contributed by atoms with van der Waals surface area (Å²) < 4.78 is 5.11. The molecule has 0 radical (unpaired) electrons. The number of methoxy groups -OCH3 is 1. The Morgan fingerprint density at radius 3 is 2.35 bits per heavy atom. The summed E-state index contributed by atoms with van der Waals surface area (Å²) in [6, 6.07) is 14.9.